The maximum atomic E-state index is 5.38. The minimum atomic E-state index is 0.690. The molecule has 0 spiro atoms. The van der Waals surface area contributed by atoms with Crippen molar-refractivity contribution in [3.63, 3.8) is 0 Å². The van der Waals surface area contributed by atoms with Gasteiger partial charge < -0.3 is 5.73 Å². The fourth-order valence-corrected chi connectivity index (χ4v) is 1.46. The van der Waals surface area contributed by atoms with Crippen LogP contribution in [0.15, 0.2) is 4.99 Å². The first kappa shape index (κ1) is 10.8. The molecule has 0 aromatic rings. The van der Waals surface area contributed by atoms with E-state index in [2.05, 4.69) is 18.8 Å². The second-order valence-electron chi connectivity index (χ2n) is 2.99. The number of hydrogen-bond donors (Lipinski definition) is 1. The summed E-state index contributed by atoms with van der Waals surface area (Å²) in [4.78, 5) is 4.10. The Kier molecular flexibility index (Phi) is 6.42. The molecule has 0 aliphatic rings. The van der Waals surface area contributed by atoms with Crippen molar-refractivity contribution in [2.45, 2.75) is 20.8 Å². The average molecular weight is 174 g/mol. The summed E-state index contributed by atoms with van der Waals surface area (Å²) in [6.07, 6.45) is 0. The lowest BCUT2D eigenvalue weighted by atomic mass is 10.3. The molecule has 0 aliphatic heterocycles. The van der Waals surface area contributed by atoms with Crippen molar-refractivity contribution in [1.29, 1.82) is 0 Å². The van der Waals surface area contributed by atoms with Crippen molar-refractivity contribution in [2.24, 2.45) is 16.6 Å². The third-order valence-corrected chi connectivity index (χ3v) is 2.42. The van der Waals surface area contributed by atoms with E-state index in [4.69, 9.17) is 5.73 Å². The zero-order valence-corrected chi connectivity index (χ0v) is 8.45. The zero-order valence-electron chi connectivity index (χ0n) is 7.63. The summed E-state index contributed by atoms with van der Waals surface area (Å²) in [5, 5.41) is 0. The van der Waals surface area contributed by atoms with Gasteiger partial charge in [-0.05, 0) is 18.6 Å². The van der Waals surface area contributed by atoms with Gasteiger partial charge in [0.25, 0.3) is 0 Å². The van der Waals surface area contributed by atoms with Gasteiger partial charge in [0, 0.05) is 12.3 Å². The van der Waals surface area contributed by atoms with Gasteiger partial charge in [-0.3, -0.25) is 4.99 Å². The molecule has 0 atom stereocenters. The van der Waals surface area contributed by atoms with Gasteiger partial charge in [-0.15, -0.1) is 0 Å². The summed E-state index contributed by atoms with van der Waals surface area (Å²) in [6, 6.07) is 0. The SMILES string of the molecule is CC(N)=NCCSCC(C)C. The van der Waals surface area contributed by atoms with Crippen molar-refractivity contribution >= 4 is 17.6 Å². The molecule has 3 heteroatoms. The number of aliphatic imine (C=N–C) groups is 1. The number of thioether (sulfide) groups is 1. The van der Waals surface area contributed by atoms with Crippen LogP contribution in [0.3, 0.4) is 0 Å². The molecule has 0 aromatic carbocycles. The standard InChI is InChI=1S/C8H18N2S/c1-7(2)6-11-5-4-10-8(3)9/h7H,4-6H2,1-3H3,(H2,9,10). The molecule has 0 saturated carbocycles. The second-order valence-corrected chi connectivity index (χ2v) is 4.14. The zero-order chi connectivity index (χ0) is 8.69. The van der Waals surface area contributed by atoms with Gasteiger partial charge in [0.05, 0.1) is 5.84 Å². The summed E-state index contributed by atoms with van der Waals surface area (Å²) in [7, 11) is 0. The Morgan fingerprint density at radius 3 is 2.64 bits per heavy atom. The van der Waals surface area contributed by atoms with E-state index in [-0.39, 0.29) is 0 Å². The highest BCUT2D eigenvalue weighted by atomic mass is 32.2. The first-order valence-electron chi connectivity index (χ1n) is 3.97. The molecule has 0 unspecified atom stereocenters. The van der Waals surface area contributed by atoms with E-state index < -0.39 is 0 Å². The van der Waals surface area contributed by atoms with Crippen LogP contribution in [-0.4, -0.2) is 23.9 Å². The van der Waals surface area contributed by atoms with E-state index in [9.17, 15) is 0 Å². The molecule has 0 radical (unpaired) electrons. The molecule has 2 nitrogen and oxygen atoms in total. The average Bonchev–Trinajstić information content (AvgIpc) is 1.85. The van der Waals surface area contributed by atoms with Crippen LogP contribution in [0.25, 0.3) is 0 Å². The topological polar surface area (TPSA) is 38.4 Å². The summed E-state index contributed by atoms with van der Waals surface area (Å²) < 4.78 is 0. The van der Waals surface area contributed by atoms with Crippen LogP contribution >= 0.6 is 11.8 Å². The molecular formula is C8H18N2S. The van der Waals surface area contributed by atoms with Crippen molar-refractivity contribution in [2.75, 3.05) is 18.1 Å². The first-order valence-corrected chi connectivity index (χ1v) is 5.12. The molecule has 2 N–H and O–H groups in total. The molecule has 11 heavy (non-hydrogen) atoms. The third-order valence-electron chi connectivity index (χ3n) is 1.05. The summed E-state index contributed by atoms with van der Waals surface area (Å²) in [6.45, 7) is 7.14. The van der Waals surface area contributed by atoms with Crippen LogP contribution in [0.1, 0.15) is 20.8 Å². The number of rotatable bonds is 5. The molecule has 0 bridgehead atoms. The van der Waals surface area contributed by atoms with Crippen molar-refractivity contribution in [1.82, 2.24) is 0 Å². The van der Waals surface area contributed by atoms with E-state index >= 15 is 0 Å². The Balaban J connectivity index is 3.09. The van der Waals surface area contributed by atoms with E-state index in [0.29, 0.717) is 5.84 Å². The van der Waals surface area contributed by atoms with Gasteiger partial charge in [-0.2, -0.15) is 11.8 Å². The molecule has 0 amide bonds. The third kappa shape index (κ3) is 9.82. The van der Waals surface area contributed by atoms with Gasteiger partial charge in [-0.1, -0.05) is 13.8 Å². The normalized spacial score (nSPS) is 12.5. The molecule has 66 valence electrons. The van der Waals surface area contributed by atoms with E-state index in [1.54, 1.807) is 0 Å². The molecule has 0 heterocycles. The molecular weight excluding hydrogens is 156 g/mol. The summed E-state index contributed by atoms with van der Waals surface area (Å²) in [5.41, 5.74) is 5.38. The van der Waals surface area contributed by atoms with Gasteiger partial charge >= 0.3 is 0 Å². The quantitative estimate of drug-likeness (QED) is 0.392. The largest absolute Gasteiger partial charge is 0.388 e. The molecule has 0 aromatic heterocycles. The molecule has 0 aliphatic carbocycles. The van der Waals surface area contributed by atoms with Crippen LogP contribution in [0, 0.1) is 5.92 Å². The smallest absolute Gasteiger partial charge is 0.0905 e. The van der Waals surface area contributed by atoms with E-state index in [1.807, 2.05) is 18.7 Å². The Labute approximate surface area is 73.7 Å². The van der Waals surface area contributed by atoms with Crippen molar-refractivity contribution in [3.8, 4) is 0 Å². The fourth-order valence-electron chi connectivity index (χ4n) is 0.606. The Morgan fingerprint density at radius 1 is 1.55 bits per heavy atom. The lowest BCUT2D eigenvalue weighted by Crippen LogP contribution is -2.06. The van der Waals surface area contributed by atoms with Gasteiger partial charge in [-0.25, -0.2) is 0 Å². The number of amidine groups is 1. The van der Waals surface area contributed by atoms with Crippen LogP contribution in [0.4, 0.5) is 0 Å². The summed E-state index contributed by atoms with van der Waals surface area (Å²) in [5.74, 6) is 3.78. The van der Waals surface area contributed by atoms with Crippen molar-refractivity contribution in [3.05, 3.63) is 0 Å². The van der Waals surface area contributed by atoms with Gasteiger partial charge in [0.1, 0.15) is 0 Å². The van der Waals surface area contributed by atoms with Crippen LogP contribution in [-0.2, 0) is 0 Å². The highest BCUT2D eigenvalue weighted by Gasteiger charge is 1.92. The van der Waals surface area contributed by atoms with E-state index in [0.717, 1.165) is 18.2 Å². The predicted octanol–water partition coefficient (Wildman–Crippen LogP) is 1.75. The molecule has 0 saturated heterocycles. The lowest BCUT2D eigenvalue weighted by Gasteiger charge is -2.01. The van der Waals surface area contributed by atoms with Crippen LogP contribution in [0.5, 0.6) is 0 Å². The van der Waals surface area contributed by atoms with Crippen LogP contribution in [0.2, 0.25) is 0 Å². The van der Waals surface area contributed by atoms with Crippen molar-refractivity contribution < 1.29 is 0 Å². The number of nitrogens with two attached hydrogens (primary N) is 1. The maximum absolute atomic E-state index is 5.38. The van der Waals surface area contributed by atoms with Gasteiger partial charge in [0.15, 0.2) is 0 Å². The maximum Gasteiger partial charge on any atom is 0.0905 e. The highest BCUT2D eigenvalue weighted by molar-refractivity contribution is 7.99. The monoisotopic (exact) mass is 174 g/mol. The van der Waals surface area contributed by atoms with E-state index in [1.165, 1.54) is 5.75 Å². The highest BCUT2D eigenvalue weighted by Crippen LogP contribution is 2.06. The second kappa shape index (κ2) is 6.53. The Bertz CT molecular complexity index is 117. The predicted molar refractivity (Wildman–Crippen MR) is 54.3 cm³/mol. The molecule has 0 rings (SSSR count). The minimum Gasteiger partial charge on any atom is -0.388 e. The van der Waals surface area contributed by atoms with Crippen LogP contribution < -0.4 is 5.73 Å². The number of nitrogens with zero attached hydrogens (tertiary/aromatic N) is 1. The molecule has 0 fully saturated rings. The first-order chi connectivity index (χ1) is 5.13. The van der Waals surface area contributed by atoms with Gasteiger partial charge in [0.2, 0.25) is 0 Å². The Morgan fingerprint density at radius 2 is 2.18 bits per heavy atom. The lowest BCUT2D eigenvalue weighted by molar-refractivity contribution is 0.750. The minimum absolute atomic E-state index is 0.690. The fraction of sp³-hybridized carbons (Fsp3) is 0.875. The Hall–Kier alpha value is -0.180. The number of hydrogen-bond acceptors (Lipinski definition) is 2. The summed E-state index contributed by atoms with van der Waals surface area (Å²) >= 11 is 1.94.